The minimum Gasteiger partial charge on any atom is -0.504 e. The zero-order valence-corrected chi connectivity index (χ0v) is 41.5. The standard InChI is InChI=1S/C62H70N2O6/c1-5-9-15-39-21-25-43(26-22-39)45-29-33-47(34-30-45)69-53-37-51(63-49-19-13-11-17-41(49)7-3)55-57(59(53)65)61(67)56-52(64-50-20-14-12-18-42(50)8-4)38-54(60(66)58(56)62(55)68)70-48-35-31-46(32-36-48)44-27-23-40(24-28-44)16-10-6-2/h11-14,17-20,29-40,43-44,63-66H,5-10,15-16,21-28H2,1-4H3. The van der Waals surface area contributed by atoms with Gasteiger partial charge in [-0.15, -0.1) is 0 Å². The first kappa shape index (κ1) is 48.5. The van der Waals surface area contributed by atoms with Crippen LogP contribution in [0.4, 0.5) is 22.7 Å². The zero-order chi connectivity index (χ0) is 48.7. The van der Waals surface area contributed by atoms with Crippen molar-refractivity contribution in [2.24, 2.45) is 11.8 Å². The number of carbonyl (C=O) groups is 2. The van der Waals surface area contributed by atoms with Gasteiger partial charge in [0, 0.05) is 23.5 Å². The second-order valence-corrected chi connectivity index (χ2v) is 20.0. The van der Waals surface area contributed by atoms with E-state index in [0.29, 0.717) is 36.2 Å². The summed E-state index contributed by atoms with van der Waals surface area (Å²) in [4.78, 5) is 30.7. The summed E-state index contributed by atoms with van der Waals surface area (Å²) in [6, 6.07) is 34.8. The van der Waals surface area contributed by atoms with Crippen molar-refractivity contribution < 1.29 is 29.3 Å². The highest BCUT2D eigenvalue weighted by molar-refractivity contribution is 6.34. The van der Waals surface area contributed by atoms with E-state index in [9.17, 15) is 10.2 Å². The van der Waals surface area contributed by atoms with Crippen LogP contribution in [-0.2, 0) is 12.8 Å². The molecule has 0 unspecified atom stereocenters. The molecule has 3 aliphatic rings. The minimum atomic E-state index is -0.642. The number of ether oxygens (including phenoxy) is 2. The molecule has 8 nitrogen and oxygen atoms in total. The van der Waals surface area contributed by atoms with E-state index in [2.05, 4.69) is 48.7 Å². The van der Waals surface area contributed by atoms with E-state index in [0.717, 1.165) is 34.3 Å². The van der Waals surface area contributed by atoms with Crippen molar-refractivity contribution in [1.82, 2.24) is 0 Å². The molecule has 0 aromatic heterocycles. The molecule has 0 heterocycles. The number of fused-ring (bicyclic) bond motifs is 2. The smallest absolute Gasteiger partial charge is 0.200 e. The van der Waals surface area contributed by atoms with Gasteiger partial charge in [-0.2, -0.15) is 0 Å². The summed E-state index contributed by atoms with van der Waals surface area (Å²) in [5, 5.41) is 31.4. The zero-order valence-electron chi connectivity index (χ0n) is 41.5. The molecule has 2 saturated carbocycles. The Morgan fingerprint density at radius 2 is 0.843 bits per heavy atom. The van der Waals surface area contributed by atoms with Crippen LogP contribution in [0.3, 0.4) is 0 Å². The largest absolute Gasteiger partial charge is 0.504 e. The topological polar surface area (TPSA) is 117 Å². The maximum absolute atomic E-state index is 15.4. The molecule has 3 aliphatic carbocycles. The third-order valence-corrected chi connectivity index (χ3v) is 15.6. The molecular formula is C62H70N2O6. The number of phenols is 2. The molecule has 0 atom stereocenters. The van der Waals surface area contributed by atoms with Crippen molar-refractivity contribution in [3.05, 3.63) is 154 Å². The lowest BCUT2D eigenvalue weighted by molar-refractivity contribution is 0.0974. The molecular weight excluding hydrogens is 869 g/mol. The van der Waals surface area contributed by atoms with Crippen LogP contribution in [-0.4, -0.2) is 21.8 Å². The van der Waals surface area contributed by atoms with Crippen LogP contribution in [0.15, 0.2) is 109 Å². The average molecular weight is 939 g/mol. The second-order valence-electron chi connectivity index (χ2n) is 20.0. The Morgan fingerprint density at radius 3 is 1.20 bits per heavy atom. The predicted octanol–water partition coefficient (Wildman–Crippen LogP) is 17.0. The number of unbranched alkanes of at least 4 members (excludes halogenated alkanes) is 2. The molecule has 4 N–H and O–H groups in total. The fourth-order valence-electron chi connectivity index (χ4n) is 11.4. The highest BCUT2D eigenvalue weighted by atomic mass is 16.5. The SMILES string of the molecule is CCCCC1CCC(c2ccc(Oc3cc(Nc4ccccc4CC)c4c(c3O)C(=O)c3c(Nc5ccccc5CC)cc(Oc5ccc(C6CCC(CCCC)CC6)cc5)c(O)c3C4=O)cc2)CC1. The third kappa shape index (κ3) is 10.3. The number of para-hydroxylation sites is 2. The molecule has 0 radical (unpaired) electrons. The average Bonchev–Trinajstić information content (AvgIpc) is 3.39. The highest BCUT2D eigenvalue weighted by Gasteiger charge is 2.41. The Kier molecular flexibility index (Phi) is 15.3. The van der Waals surface area contributed by atoms with Gasteiger partial charge in [0.15, 0.2) is 23.0 Å². The summed E-state index contributed by atoms with van der Waals surface area (Å²) in [6.45, 7) is 8.62. The van der Waals surface area contributed by atoms with Gasteiger partial charge in [0.1, 0.15) is 11.5 Å². The van der Waals surface area contributed by atoms with Gasteiger partial charge in [-0.1, -0.05) is 127 Å². The number of rotatable bonds is 18. The fourth-order valence-corrected chi connectivity index (χ4v) is 11.4. The van der Waals surface area contributed by atoms with E-state index in [1.54, 1.807) is 12.1 Å². The Balaban J connectivity index is 1.08. The number of nitrogens with one attached hydrogen (secondary N) is 2. The molecule has 0 saturated heterocycles. The molecule has 0 amide bonds. The number of carbonyl (C=O) groups excluding carboxylic acids is 2. The van der Waals surface area contributed by atoms with Crippen LogP contribution in [0.2, 0.25) is 0 Å². The maximum atomic E-state index is 15.4. The number of benzene rings is 6. The van der Waals surface area contributed by atoms with Crippen LogP contribution in [0.25, 0.3) is 0 Å². The Morgan fingerprint density at radius 1 is 0.471 bits per heavy atom. The minimum absolute atomic E-state index is 0.0204. The number of hydrogen-bond acceptors (Lipinski definition) is 8. The van der Waals surface area contributed by atoms with Gasteiger partial charge in [-0.25, -0.2) is 0 Å². The normalized spacial score (nSPS) is 18.7. The molecule has 6 aromatic carbocycles. The lowest BCUT2D eigenvalue weighted by Gasteiger charge is -2.29. The van der Waals surface area contributed by atoms with Gasteiger partial charge in [0.05, 0.1) is 33.6 Å². The molecule has 364 valence electrons. The summed E-state index contributed by atoms with van der Waals surface area (Å²) in [5.41, 5.74) is 5.94. The van der Waals surface area contributed by atoms with E-state index in [-0.39, 0.29) is 45.1 Å². The predicted molar refractivity (Wildman–Crippen MR) is 283 cm³/mol. The number of hydrogen-bond donors (Lipinski definition) is 4. The van der Waals surface area contributed by atoms with Gasteiger partial charge < -0.3 is 30.3 Å². The van der Waals surface area contributed by atoms with Gasteiger partial charge in [-0.05, 0) is 147 Å². The number of phenolic OH excluding ortho intramolecular Hbond substituents is 2. The van der Waals surface area contributed by atoms with Crippen LogP contribution >= 0.6 is 0 Å². The second kappa shape index (κ2) is 22.0. The summed E-state index contributed by atoms with van der Waals surface area (Å²) >= 11 is 0. The molecule has 6 aromatic rings. The van der Waals surface area contributed by atoms with Gasteiger partial charge in [0.25, 0.3) is 0 Å². The van der Waals surface area contributed by atoms with Crippen molar-refractivity contribution >= 4 is 34.3 Å². The van der Waals surface area contributed by atoms with E-state index in [4.69, 9.17) is 9.47 Å². The number of aromatic hydroxyl groups is 2. The lowest BCUT2D eigenvalue weighted by atomic mass is 9.77. The van der Waals surface area contributed by atoms with E-state index in [1.165, 1.54) is 101 Å². The summed E-state index contributed by atoms with van der Waals surface area (Å²) < 4.78 is 13.0. The fraction of sp³-hybridized carbons (Fsp3) is 0.387. The van der Waals surface area contributed by atoms with Crippen LogP contribution < -0.4 is 20.1 Å². The van der Waals surface area contributed by atoms with Gasteiger partial charge >= 0.3 is 0 Å². The van der Waals surface area contributed by atoms with Crippen molar-refractivity contribution in [3.8, 4) is 34.5 Å². The highest BCUT2D eigenvalue weighted by Crippen LogP contribution is 2.51. The quantitative estimate of drug-likeness (QED) is 0.0629. The summed E-state index contributed by atoms with van der Waals surface area (Å²) in [5.74, 6) is 1.43. The first-order valence-electron chi connectivity index (χ1n) is 26.3. The van der Waals surface area contributed by atoms with Gasteiger partial charge in [-0.3, -0.25) is 9.59 Å². The molecule has 9 rings (SSSR count). The Hall–Kier alpha value is -6.54. The van der Waals surface area contributed by atoms with Crippen LogP contribution in [0.5, 0.6) is 34.5 Å². The molecule has 0 aliphatic heterocycles. The maximum Gasteiger partial charge on any atom is 0.200 e. The van der Waals surface area contributed by atoms with Crippen molar-refractivity contribution in [2.75, 3.05) is 10.6 Å². The number of aryl methyl sites for hydroxylation is 2. The third-order valence-electron chi connectivity index (χ3n) is 15.6. The number of ketones is 2. The first-order chi connectivity index (χ1) is 34.2. The summed E-state index contributed by atoms with van der Waals surface area (Å²) in [7, 11) is 0. The summed E-state index contributed by atoms with van der Waals surface area (Å²) in [6.07, 6.45) is 18.8. The van der Waals surface area contributed by atoms with E-state index >= 15 is 9.59 Å². The molecule has 2 fully saturated rings. The van der Waals surface area contributed by atoms with Crippen LogP contribution in [0.1, 0.15) is 184 Å². The Labute approximate surface area is 414 Å². The van der Waals surface area contributed by atoms with E-state index < -0.39 is 23.1 Å². The lowest BCUT2D eigenvalue weighted by Crippen LogP contribution is -2.24. The molecule has 8 heteroatoms. The van der Waals surface area contributed by atoms with Crippen molar-refractivity contribution in [3.63, 3.8) is 0 Å². The molecule has 0 spiro atoms. The van der Waals surface area contributed by atoms with E-state index in [1.807, 2.05) is 86.6 Å². The molecule has 0 bridgehead atoms. The van der Waals surface area contributed by atoms with Gasteiger partial charge in [0.2, 0.25) is 11.6 Å². The van der Waals surface area contributed by atoms with Crippen molar-refractivity contribution in [2.45, 2.75) is 142 Å². The first-order valence-corrected chi connectivity index (χ1v) is 26.3. The van der Waals surface area contributed by atoms with Crippen molar-refractivity contribution in [1.29, 1.82) is 0 Å². The molecule has 70 heavy (non-hydrogen) atoms. The Bertz CT molecular complexity index is 2610. The monoisotopic (exact) mass is 939 g/mol. The van der Waals surface area contributed by atoms with Crippen LogP contribution in [0, 0.1) is 11.8 Å². The number of anilines is 4.